The number of hydrogen-bond donors (Lipinski definition) is 1. The van der Waals surface area contributed by atoms with Gasteiger partial charge in [0.25, 0.3) is 0 Å². The Labute approximate surface area is 216 Å². The Morgan fingerprint density at radius 1 is 0.811 bits per heavy atom. The molecule has 0 radical (unpaired) electrons. The fourth-order valence-corrected chi connectivity index (χ4v) is 4.91. The molecular formula is C32H27N3O2. The predicted octanol–water partition coefficient (Wildman–Crippen LogP) is 7.56. The van der Waals surface area contributed by atoms with Gasteiger partial charge in [0.15, 0.2) is 11.6 Å². The largest absolute Gasteiger partial charge is 0.494 e. The molecule has 0 saturated carbocycles. The maximum Gasteiger partial charge on any atom is 0.196 e. The van der Waals surface area contributed by atoms with Crippen molar-refractivity contribution in [3.63, 3.8) is 0 Å². The Morgan fingerprint density at radius 2 is 1.49 bits per heavy atom. The molecule has 5 heteroatoms. The first kappa shape index (κ1) is 22.9. The number of carbonyl (C=O) groups excluding carboxylic acids is 1. The van der Waals surface area contributed by atoms with E-state index in [1.165, 1.54) is 5.56 Å². The van der Waals surface area contributed by atoms with E-state index in [0.717, 1.165) is 22.5 Å². The van der Waals surface area contributed by atoms with Crippen LogP contribution >= 0.6 is 0 Å². The molecule has 6 rings (SSSR count). The third kappa shape index (κ3) is 3.84. The van der Waals surface area contributed by atoms with E-state index >= 15 is 0 Å². The SMILES string of the molecule is COc1cc(Nc2ccccc2)c2c3c(nc(-c4ccc(C(C)(C)C)cc4)nc13)-c1ccccc1C2=O. The zero-order valence-electron chi connectivity index (χ0n) is 21.3. The molecule has 4 aromatic carbocycles. The lowest BCUT2D eigenvalue weighted by Crippen LogP contribution is -2.15. The minimum atomic E-state index is -0.0555. The molecule has 0 unspecified atom stereocenters. The molecule has 0 spiro atoms. The number of anilines is 2. The molecule has 0 aliphatic heterocycles. The van der Waals surface area contributed by atoms with Crippen LogP contribution in [-0.4, -0.2) is 22.9 Å². The summed E-state index contributed by atoms with van der Waals surface area (Å²) >= 11 is 0. The summed E-state index contributed by atoms with van der Waals surface area (Å²) in [5, 5.41) is 4.13. The molecule has 0 fully saturated rings. The monoisotopic (exact) mass is 485 g/mol. The minimum absolute atomic E-state index is 0.0499. The number of nitrogens with one attached hydrogen (secondary N) is 1. The maximum atomic E-state index is 13.9. The lowest BCUT2D eigenvalue weighted by Gasteiger charge is -2.24. The third-order valence-corrected chi connectivity index (χ3v) is 6.87. The number of ketones is 1. The molecule has 0 saturated heterocycles. The van der Waals surface area contributed by atoms with Crippen molar-refractivity contribution in [2.45, 2.75) is 26.2 Å². The van der Waals surface area contributed by atoms with Crippen molar-refractivity contribution in [3.8, 4) is 28.4 Å². The van der Waals surface area contributed by atoms with Crippen LogP contribution in [0.5, 0.6) is 5.75 Å². The van der Waals surface area contributed by atoms with E-state index in [2.05, 4.69) is 50.4 Å². The lowest BCUT2D eigenvalue weighted by molar-refractivity contribution is 0.104. The number of rotatable bonds is 4. The van der Waals surface area contributed by atoms with Crippen LogP contribution in [0.25, 0.3) is 33.5 Å². The first-order valence-electron chi connectivity index (χ1n) is 12.3. The number of para-hydroxylation sites is 1. The minimum Gasteiger partial charge on any atom is -0.494 e. The Kier molecular flexibility index (Phi) is 5.30. The van der Waals surface area contributed by atoms with Gasteiger partial charge in [-0.1, -0.05) is 87.5 Å². The number of aromatic nitrogens is 2. The van der Waals surface area contributed by atoms with E-state index in [-0.39, 0.29) is 11.2 Å². The summed E-state index contributed by atoms with van der Waals surface area (Å²) in [6.07, 6.45) is 0. The van der Waals surface area contributed by atoms with E-state index in [4.69, 9.17) is 14.7 Å². The highest BCUT2D eigenvalue weighted by Gasteiger charge is 2.31. The number of fused-ring (bicyclic) bond motifs is 2. The van der Waals surface area contributed by atoms with E-state index in [0.29, 0.717) is 39.3 Å². The van der Waals surface area contributed by atoms with Gasteiger partial charge in [-0.05, 0) is 23.1 Å². The van der Waals surface area contributed by atoms with Crippen LogP contribution in [0.1, 0.15) is 42.3 Å². The topological polar surface area (TPSA) is 64.1 Å². The molecule has 1 aliphatic rings. The Bertz CT molecular complexity index is 1670. The van der Waals surface area contributed by atoms with Gasteiger partial charge in [0, 0.05) is 33.8 Å². The average Bonchev–Trinajstić information content (AvgIpc) is 2.91. The smallest absolute Gasteiger partial charge is 0.196 e. The van der Waals surface area contributed by atoms with Gasteiger partial charge in [0.2, 0.25) is 0 Å². The van der Waals surface area contributed by atoms with E-state index in [1.807, 2.05) is 60.7 Å². The second kappa shape index (κ2) is 8.56. The molecule has 0 atom stereocenters. The molecule has 37 heavy (non-hydrogen) atoms. The summed E-state index contributed by atoms with van der Waals surface area (Å²) in [5.41, 5.74) is 7.11. The van der Waals surface area contributed by atoms with Gasteiger partial charge in [0.05, 0.1) is 24.1 Å². The van der Waals surface area contributed by atoms with Crippen molar-refractivity contribution >= 4 is 28.1 Å². The highest BCUT2D eigenvalue weighted by Crippen LogP contribution is 2.45. The van der Waals surface area contributed by atoms with Gasteiger partial charge in [-0.2, -0.15) is 0 Å². The van der Waals surface area contributed by atoms with Gasteiger partial charge < -0.3 is 10.1 Å². The van der Waals surface area contributed by atoms with Crippen molar-refractivity contribution in [2.75, 3.05) is 12.4 Å². The molecule has 5 aromatic rings. The number of nitrogens with zero attached hydrogens (tertiary/aromatic N) is 2. The van der Waals surface area contributed by atoms with Gasteiger partial charge in [-0.3, -0.25) is 4.79 Å². The van der Waals surface area contributed by atoms with Crippen LogP contribution < -0.4 is 10.1 Å². The predicted molar refractivity (Wildman–Crippen MR) is 149 cm³/mol. The Morgan fingerprint density at radius 3 is 2.16 bits per heavy atom. The van der Waals surface area contributed by atoms with Gasteiger partial charge in [0.1, 0.15) is 11.3 Å². The number of carbonyl (C=O) groups is 1. The second-order valence-electron chi connectivity index (χ2n) is 10.3. The molecule has 0 bridgehead atoms. The summed E-state index contributed by atoms with van der Waals surface area (Å²) in [7, 11) is 1.63. The maximum absolute atomic E-state index is 13.9. The van der Waals surface area contributed by atoms with E-state index in [1.54, 1.807) is 7.11 Å². The van der Waals surface area contributed by atoms with Crippen molar-refractivity contribution in [2.24, 2.45) is 0 Å². The first-order chi connectivity index (χ1) is 17.8. The number of ether oxygens (including phenoxy) is 1. The number of methoxy groups -OCH3 is 1. The zero-order valence-corrected chi connectivity index (χ0v) is 21.3. The summed E-state index contributed by atoms with van der Waals surface area (Å²) in [4.78, 5) is 23.9. The van der Waals surface area contributed by atoms with E-state index < -0.39 is 0 Å². The van der Waals surface area contributed by atoms with Crippen molar-refractivity contribution in [3.05, 3.63) is 102 Å². The molecular weight excluding hydrogens is 458 g/mol. The number of hydrogen-bond acceptors (Lipinski definition) is 5. The van der Waals surface area contributed by atoms with Crippen LogP contribution in [0.15, 0.2) is 84.9 Å². The van der Waals surface area contributed by atoms with Crippen LogP contribution in [0.4, 0.5) is 11.4 Å². The van der Waals surface area contributed by atoms with Gasteiger partial charge in [-0.15, -0.1) is 0 Å². The molecule has 1 aliphatic carbocycles. The quantitative estimate of drug-likeness (QED) is 0.279. The van der Waals surface area contributed by atoms with Gasteiger partial charge >= 0.3 is 0 Å². The van der Waals surface area contributed by atoms with Crippen molar-refractivity contribution in [1.82, 2.24) is 9.97 Å². The standard InChI is InChI=1S/C32H27N3O2/c1-32(2,3)20-16-14-19(15-17-20)31-34-28-22-12-8-9-13-23(22)30(36)26-24(33-21-10-6-5-7-11-21)18-25(37-4)29(35-31)27(26)28/h5-18,33H,1-4H3. The molecule has 1 heterocycles. The van der Waals surface area contributed by atoms with Crippen LogP contribution in [0.3, 0.4) is 0 Å². The van der Waals surface area contributed by atoms with Crippen LogP contribution in [0.2, 0.25) is 0 Å². The zero-order chi connectivity index (χ0) is 25.7. The summed E-state index contributed by atoms with van der Waals surface area (Å²) in [5.74, 6) is 1.13. The summed E-state index contributed by atoms with van der Waals surface area (Å²) < 4.78 is 5.82. The Hall–Kier alpha value is -4.51. The lowest BCUT2D eigenvalue weighted by atomic mass is 9.85. The average molecular weight is 486 g/mol. The Balaban J connectivity index is 1.64. The fraction of sp³-hybridized carbons (Fsp3) is 0.156. The van der Waals surface area contributed by atoms with Crippen molar-refractivity contribution in [1.29, 1.82) is 0 Å². The second-order valence-corrected chi connectivity index (χ2v) is 10.3. The first-order valence-corrected chi connectivity index (χ1v) is 12.3. The van der Waals surface area contributed by atoms with Crippen molar-refractivity contribution < 1.29 is 9.53 Å². The normalized spacial score (nSPS) is 12.4. The molecule has 5 nitrogen and oxygen atoms in total. The summed E-state index contributed by atoms with van der Waals surface area (Å²) in [6, 6.07) is 27.7. The van der Waals surface area contributed by atoms with Crippen LogP contribution in [0, 0.1) is 0 Å². The third-order valence-electron chi connectivity index (χ3n) is 6.87. The highest BCUT2D eigenvalue weighted by molar-refractivity contribution is 6.28. The van der Waals surface area contributed by atoms with Gasteiger partial charge in [-0.25, -0.2) is 9.97 Å². The number of benzene rings is 4. The molecule has 1 aromatic heterocycles. The highest BCUT2D eigenvalue weighted by atomic mass is 16.5. The van der Waals surface area contributed by atoms with Crippen LogP contribution in [-0.2, 0) is 5.41 Å². The van der Waals surface area contributed by atoms with E-state index in [9.17, 15) is 4.79 Å². The molecule has 0 amide bonds. The molecule has 182 valence electrons. The molecule has 1 N–H and O–H groups in total. The summed E-state index contributed by atoms with van der Waals surface area (Å²) in [6.45, 7) is 6.58. The fourth-order valence-electron chi connectivity index (χ4n) is 4.91.